The Balaban J connectivity index is 1.87. The maximum Gasteiger partial charge on any atom is 0.251 e. The molecule has 6 nitrogen and oxygen atoms in total. The van der Waals surface area contributed by atoms with Crippen molar-refractivity contribution in [2.45, 2.75) is 59.3 Å². The van der Waals surface area contributed by atoms with E-state index in [1.165, 1.54) is 11.3 Å². The van der Waals surface area contributed by atoms with Gasteiger partial charge < -0.3 is 21.0 Å². The van der Waals surface area contributed by atoms with Crippen LogP contribution in [0.2, 0.25) is 0 Å². The number of amides is 2. The SMILES string of the molecule is CCC(C)(C)[C@@H]1CCc2c(sc(NC(=O)[C@H]3CC=CC[C@@H]3C(=O)[O-])c2C(N)=O)C1. The van der Waals surface area contributed by atoms with E-state index in [2.05, 4.69) is 26.1 Å². The van der Waals surface area contributed by atoms with Crippen molar-refractivity contribution >= 4 is 34.1 Å². The molecule has 0 spiro atoms. The number of carbonyl (C=O) groups is 3. The number of thiophene rings is 1. The molecule has 2 amide bonds. The molecule has 0 saturated carbocycles. The smallest absolute Gasteiger partial charge is 0.251 e. The molecule has 3 atom stereocenters. The quantitative estimate of drug-likeness (QED) is 0.693. The van der Waals surface area contributed by atoms with E-state index in [4.69, 9.17) is 5.73 Å². The fraction of sp³-hybridized carbons (Fsp3) is 0.591. The van der Waals surface area contributed by atoms with Crippen LogP contribution in [0.4, 0.5) is 5.00 Å². The number of carboxylic acids is 1. The van der Waals surface area contributed by atoms with Crippen molar-refractivity contribution in [2.24, 2.45) is 28.9 Å². The molecule has 7 heteroatoms. The van der Waals surface area contributed by atoms with Crippen LogP contribution in [0.3, 0.4) is 0 Å². The molecular formula is C22H29N2O4S-. The van der Waals surface area contributed by atoms with Crippen molar-refractivity contribution in [1.29, 1.82) is 0 Å². The molecule has 0 radical (unpaired) electrons. The lowest BCUT2D eigenvalue weighted by Crippen LogP contribution is -2.41. The number of fused-ring (bicyclic) bond motifs is 1. The maximum absolute atomic E-state index is 12.9. The summed E-state index contributed by atoms with van der Waals surface area (Å²) < 4.78 is 0. The summed E-state index contributed by atoms with van der Waals surface area (Å²) in [6.07, 6.45) is 7.88. The van der Waals surface area contributed by atoms with Gasteiger partial charge in [0.25, 0.3) is 5.91 Å². The summed E-state index contributed by atoms with van der Waals surface area (Å²) in [5, 5.41) is 14.7. The van der Waals surface area contributed by atoms with Crippen molar-refractivity contribution in [3.05, 3.63) is 28.2 Å². The van der Waals surface area contributed by atoms with Gasteiger partial charge in [-0.3, -0.25) is 9.59 Å². The second kappa shape index (κ2) is 8.30. The highest BCUT2D eigenvalue weighted by atomic mass is 32.1. The van der Waals surface area contributed by atoms with Crippen LogP contribution in [-0.2, 0) is 22.4 Å². The lowest BCUT2D eigenvalue weighted by atomic mass is 9.69. The van der Waals surface area contributed by atoms with Crippen LogP contribution in [-0.4, -0.2) is 17.8 Å². The molecule has 0 bridgehead atoms. The summed E-state index contributed by atoms with van der Waals surface area (Å²) in [5.41, 5.74) is 7.20. The minimum atomic E-state index is -1.22. The van der Waals surface area contributed by atoms with E-state index >= 15 is 0 Å². The predicted octanol–water partition coefficient (Wildman–Crippen LogP) is 2.66. The molecule has 29 heavy (non-hydrogen) atoms. The fourth-order valence-electron chi connectivity index (χ4n) is 4.46. The first kappa shape index (κ1) is 21.6. The van der Waals surface area contributed by atoms with Gasteiger partial charge in [-0.2, -0.15) is 0 Å². The van der Waals surface area contributed by atoms with E-state index in [9.17, 15) is 19.5 Å². The zero-order valence-electron chi connectivity index (χ0n) is 17.2. The third-order valence-electron chi connectivity index (χ3n) is 6.84. The normalized spacial score (nSPS) is 24.0. The molecule has 0 saturated heterocycles. The van der Waals surface area contributed by atoms with Crippen LogP contribution in [0, 0.1) is 23.2 Å². The van der Waals surface area contributed by atoms with Gasteiger partial charge in [0.15, 0.2) is 0 Å². The number of nitrogens with two attached hydrogens (primary N) is 1. The molecule has 1 aromatic rings. The average molecular weight is 418 g/mol. The summed E-state index contributed by atoms with van der Waals surface area (Å²) in [7, 11) is 0. The molecule has 1 heterocycles. The third-order valence-corrected chi connectivity index (χ3v) is 8.01. The number of primary amides is 1. The maximum atomic E-state index is 12.9. The van der Waals surface area contributed by atoms with E-state index in [0.717, 1.165) is 36.1 Å². The lowest BCUT2D eigenvalue weighted by molar-refractivity contribution is -0.313. The molecule has 158 valence electrons. The highest BCUT2D eigenvalue weighted by molar-refractivity contribution is 7.17. The number of anilines is 1. The van der Waals surface area contributed by atoms with E-state index in [1.54, 1.807) is 6.08 Å². The van der Waals surface area contributed by atoms with Crippen molar-refractivity contribution in [2.75, 3.05) is 5.32 Å². The first-order valence-electron chi connectivity index (χ1n) is 10.3. The Bertz CT molecular complexity index is 855. The number of carboxylic acid groups (broad SMARTS) is 1. The second-order valence-electron chi connectivity index (χ2n) is 8.82. The number of nitrogens with one attached hydrogen (secondary N) is 1. The number of aliphatic carboxylic acids is 1. The van der Waals surface area contributed by atoms with E-state index in [1.807, 2.05) is 6.08 Å². The van der Waals surface area contributed by atoms with Crippen LogP contribution in [0.25, 0.3) is 0 Å². The zero-order chi connectivity index (χ0) is 21.3. The Labute approximate surface area is 175 Å². The Hall–Kier alpha value is -2.15. The molecule has 3 N–H and O–H groups in total. The van der Waals surface area contributed by atoms with Crippen LogP contribution >= 0.6 is 11.3 Å². The predicted molar refractivity (Wildman–Crippen MR) is 111 cm³/mol. The van der Waals surface area contributed by atoms with Crippen LogP contribution in [0.1, 0.15) is 67.3 Å². The molecule has 2 aliphatic rings. The van der Waals surface area contributed by atoms with Gasteiger partial charge in [-0.1, -0.05) is 39.3 Å². The summed E-state index contributed by atoms with van der Waals surface area (Å²) in [4.78, 5) is 37.6. The van der Waals surface area contributed by atoms with Gasteiger partial charge in [0.05, 0.1) is 11.5 Å². The Morgan fingerprint density at radius 3 is 2.48 bits per heavy atom. The van der Waals surface area contributed by atoms with Crippen molar-refractivity contribution in [3.63, 3.8) is 0 Å². The monoisotopic (exact) mass is 417 g/mol. The summed E-state index contributed by atoms with van der Waals surface area (Å²) in [6, 6.07) is 0. The lowest BCUT2D eigenvalue weighted by Gasteiger charge is -2.36. The number of allylic oxidation sites excluding steroid dienone is 2. The topological polar surface area (TPSA) is 112 Å². The molecule has 0 fully saturated rings. The largest absolute Gasteiger partial charge is 0.550 e. The summed E-state index contributed by atoms with van der Waals surface area (Å²) >= 11 is 1.41. The highest BCUT2D eigenvalue weighted by Gasteiger charge is 2.36. The summed E-state index contributed by atoms with van der Waals surface area (Å²) in [5.74, 6) is -3.23. The first-order valence-corrected chi connectivity index (χ1v) is 11.1. The van der Waals surface area contributed by atoms with Crippen molar-refractivity contribution in [1.82, 2.24) is 0 Å². The summed E-state index contributed by atoms with van der Waals surface area (Å²) in [6.45, 7) is 6.73. The Morgan fingerprint density at radius 1 is 1.24 bits per heavy atom. The van der Waals surface area contributed by atoms with Gasteiger partial charge in [-0.15, -0.1) is 11.3 Å². The molecule has 0 unspecified atom stereocenters. The standard InChI is InChI=1S/C22H30N2O4S/c1-4-22(2,3)12-9-10-15-16(11-12)29-20(17(15)18(23)25)24-19(26)13-7-5-6-8-14(13)21(27)28/h5-6,12-14H,4,7-11H2,1-3H3,(H2,23,25)(H,24,26)(H,27,28)/p-1/t12-,13+,14+/m1/s1. The number of rotatable bonds is 6. The molecule has 3 rings (SSSR count). The molecule has 2 aliphatic carbocycles. The average Bonchev–Trinajstić information content (AvgIpc) is 3.04. The Morgan fingerprint density at radius 2 is 1.90 bits per heavy atom. The highest BCUT2D eigenvalue weighted by Crippen LogP contribution is 2.45. The van der Waals surface area contributed by atoms with Crippen LogP contribution in [0.15, 0.2) is 12.2 Å². The van der Waals surface area contributed by atoms with Gasteiger partial charge in [0.2, 0.25) is 5.91 Å². The second-order valence-corrected chi connectivity index (χ2v) is 9.92. The zero-order valence-corrected chi connectivity index (χ0v) is 18.1. The van der Waals surface area contributed by atoms with Crippen LogP contribution < -0.4 is 16.2 Å². The molecule has 0 aromatic carbocycles. The van der Waals surface area contributed by atoms with Gasteiger partial charge in [0, 0.05) is 16.8 Å². The third kappa shape index (κ3) is 4.25. The van der Waals surface area contributed by atoms with Gasteiger partial charge in [-0.05, 0) is 49.0 Å². The fourth-order valence-corrected chi connectivity index (χ4v) is 5.80. The molecule has 0 aliphatic heterocycles. The molecular weight excluding hydrogens is 388 g/mol. The van der Waals surface area contributed by atoms with E-state index in [-0.39, 0.29) is 11.8 Å². The minimum Gasteiger partial charge on any atom is -0.550 e. The van der Waals surface area contributed by atoms with E-state index in [0.29, 0.717) is 22.9 Å². The minimum absolute atomic E-state index is 0.202. The number of hydrogen-bond donors (Lipinski definition) is 2. The van der Waals surface area contributed by atoms with Gasteiger partial charge in [0.1, 0.15) is 5.00 Å². The van der Waals surface area contributed by atoms with Gasteiger partial charge in [-0.25, -0.2) is 0 Å². The molecule has 1 aromatic heterocycles. The van der Waals surface area contributed by atoms with Crippen molar-refractivity contribution in [3.8, 4) is 0 Å². The van der Waals surface area contributed by atoms with E-state index < -0.39 is 29.6 Å². The van der Waals surface area contributed by atoms with Crippen molar-refractivity contribution < 1.29 is 19.5 Å². The number of hydrogen-bond acceptors (Lipinski definition) is 5. The number of carbonyl (C=O) groups excluding carboxylic acids is 3. The Kier molecular flexibility index (Phi) is 6.17. The first-order chi connectivity index (χ1) is 13.7. The van der Waals surface area contributed by atoms with Gasteiger partial charge >= 0.3 is 0 Å². The van der Waals surface area contributed by atoms with Crippen LogP contribution in [0.5, 0.6) is 0 Å².